The van der Waals surface area contributed by atoms with E-state index in [0.717, 1.165) is 12.8 Å². The quantitative estimate of drug-likeness (QED) is 0.784. The van der Waals surface area contributed by atoms with Gasteiger partial charge in [-0.1, -0.05) is 5.16 Å². The van der Waals surface area contributed by atoms with E-state index in [2.05, 4.69) is 15.1 Å². The molecule has 2 aromatic heterocycles. The van der Waals surface area contributed by atoms with Gasteiger partial charge in [-0.3, -0.25) is 0 Å². The molecule has 0 bridgehead atoms. The van der Waals surface area contributed by atoms with Crippen LogP contribution in [0.3, 0.4) is 0 Å². The average Bonchev–Trinajstić information content (AvgIpc) is 2.79. The molecule has 0 aromatic carbocycles. The van der Waals surface area contributed by atoms with Crippen molar-refractivity contribution < 1.29 is 9.26 Å². The topological polar surface area (TPSA) is 87.1 Å². The highest BCUT2D eigenvalue weighted by Crippen LogP contribution is 2.15. The monoisotopic (exact) mass is 234 g/mol. The molecule has 0 spiro atoms. The van der Waals surface area contributed by atoms with Gasteiger partial charge < -0.3 is 15.0 Å². The van der Waals surface area contributed by atoms with Gasteiger partial charge in [0.05, 0.1) is 11.9 Å². The summed E-state index contributed by atoms with van der Waals surface area (Å²) in [4.78, 5) is 8.36. The summed E-state index contributed by atoms with van der Waals surface area (Å²) in [5.74, 6) is 1.08. The van der Waals surface area contributed by atoms with Crippen LogP contribution in [-0.4, -0.2) is 28.8 Å². The molecule has 0 fully saturated rings. The van der Waals surface area contributed by atoms with Crippen molar-refractivity contribution in [2.45, 2.75) is 12.8 Å². The number of hydrogen-bond acceptors (Lipinski definition) is 6. The van der Waals surface area contributed by atoms with Gasteiger partial charge in [0.1, 0.15) is 5.69 Å². The number of ether oxygens (including phenoxy) is 1. The van der Waals surface area contributed by atoms with Gasteiger partial charge in [0.2, 0.25) is 0 Å². The van der Waals surface area contributed by atoms with Crippen molar-refractivity contribution >= 4 is 5.69 Å². The molecule has 0 amide bonds. The third-order valence-electron chi connectivity index (χ3n) is 2.22. The minimum absolute atomic E-state index is 0.414. The standard InChI is InChI=1S/C11H14N4O2/c1-16-6-2-3-10-14-11(17-15-10)9-5-4-8(12)7-13-9/h4-5,7H,2-3,6,12H2,1H3. The largest absolute Gasteiger partial charge is 0.397 e. The number of anilines is 1. The van der Waals surface area contributed by atoms with E-state index in [4.69, 9.17) is 15.0 Å². The zero-order valence-electron chi connectivity index (χ0n) is 9.59. The Kier molecular flexibility index (Phi) is 3.66. The molecule has 0 unspecified atom stereocenters. The number of aryl methyl sites for hydroxylation is 1. The molecule has 6 heteroatoms. The molecule has 2 N–H and O–H groups in total. The van der Waals surface area contributed by atoms with Crippen LogP contribution in [0.5, 0.6) is 0 Å². The summed E-state index contributed by atoms with van der Waals surface area (Å²) in [5.41, 5.74) is 6.78. The maximum absolute atomic E-state index is 5.55. The van der Waals surface area contributed by atoms with Crippen molar-refractivity contribution in [2.24, 2.45) is 0 Å². The molecule has 17 heavy (non-hydrogen) atoms. The number of hydrogen-bond donors (Lipinski definition) is 1. The molecule has 0 atom stereocenters. The Morgan fingerprint density at radius 1 is 1.41 bits per heavy atom. The molecule has 0 saturated heterocycles. The first-order chi connectivity index (χ1) is 8.29. The minimum Gasteiger partial charge on any atom is -0.397 e. The fourth-order valence-electron chi connectivity index (χ4n) is 1.37. The summed E-state index contributed by atoms with van der Waals surface area (Å²) in [5, 5.41) is 3.87. The molecule has 90 valence electrons. The van der Waals surface area contributed by atoms with Crippen molar-refractivity contribution in [3.8, 4) is 11.6 Å². The fraction of sp³-hybridized carbons (Fsp3) is 0.364. The van der Waals surface area contributed by atoms with Gasteiger partial charge in [-0.25, -0.2) is 4.98 Å². The SMILES string of the molecule is COCCCc1noc(-c2ccc(N)cn2)n1. The average molecular weight is 234 g/mol. The van der Waals surface area contributed by atoms with Gasteiger partial charge in [0.25, 0.3) is 5.89 Å². The molecule has 2 aromatic rings. The summed E-state index contributed by atoms with van der Waals surface area (Å²) in [7, 11) is 1.67. The summed E-state index contributed by atoms with van der Waals surface area (Å²) in [6, 6.07) is 3.50. The van der Waals surface area contributed by atoms with E-state index in [1.165, 1.54) is 0 Å². The fourth-order valence-corrected chi connectivity index (χ4v) is 1.37. The van der Waals surface area contributed by atoms with E-state index >= 15 is 0 Å². The van der Waals surface area contributed by atoms with Gasteiger partial charge in [-0.15, -0.1) is 0 Å². The van der Waals surface area contributed by atoms with E-state index in [-0.39, 0.29) is 0 Å². The molecule has 0 radical (unpaired) electrons. The molecule has 0 aliphatic heterocycles. The summed E-state index contributed by atoms with van der Waals surface area (Å²) < 4.78 is 10.1. The predicted octanol–water partition coefficient (Wildman–Crippen LogP) is 1.29. The van der Waals surface area contributed by atoms with E-state index in [9.17, 15) is 0 Å². The second kappa shape index (κ2) is 5.40. The van der Waals surface area contributed by atoms with Gasteiger partial charge in [0.15, 0.2) is 5.82 Å². The van der Waals surface area contributed by atoms with Crippen molar-refractivity contribution in [2.75, 3.05) is 19.5 Å². The number of aromatic nitrogens is 3. The maximum Gasteiger partial charge on any atom is 0.276 e. The van der Waals surface area contributed by atoms with Crippen molar-refractivity contribution in [3.05, 3.63) is 24.2 Å². The van der Waals surface area contributed by atoms with Gasteiger partial charge in [0, 0.05) is 20.1 Å². The minimum atomic E-state index is 0.414. The number of nitrogens with two attached hydrogens (primary N) is 1. The van der Waals surface area contributed by atoms with Crippen LogP contribution in [-0.2, 0) is 11.2 Å². The Hall–Kier alpha value is -1.95. The van der Waals surface area contributed by atoms with Crippen molar-refractivity contribution in [1.29, 1.82) is 0 Å². The normalized spacial score (nSPS) is 10.6. The zero-order chi connectivity index (χ0) is 12.1. The van der Waals surface area contributed by atoms with Crippen LogP contribution < -0.4 is 5.73 Å². The molecule has 0 aliphatic rings. The smallest absolute Gasteiger partial charge is 0.276 e. The molecule has 0 aliphatic carbocycles. The molecular formula is C11H14N4O2. The van der Waals surface area contributed by atoms with Crippen LogP contribution in [0.4, 0.5) is 5.69 Å². The number of pyridine rings is 1. The third kappa shape index (κ3) is 3.01. The lowest BCUT2D eigenvalue weighted by Gasteiger charge is -1.94. The van der Waals surface area contributed by atoms with Gasteiger partial charge >= 0.3 is 0 Å². The van der Waals surface area contributed by atoms with Gasteiger partial charge in [-0.05, 0) is 18.6 Å². The lowest BCUT2D eigenvalue weighted by Crippen LogP contribution is -1.94. The highest BCUT2D eigenvalue weighted by Gasteiger charge is 2.09. The number of nitrogens with zero attached hydrogens (tertiary/aromatic N) is 3. The van der Waals surface area contributed by atoms with E-state index < -0.39 is 0 Å². The first kappa shape index (κ1) is 11.5. The molecule has 2 heterocycles. The van der Waals surface area contributed by atoms with E-state index in [1.807, 2.05) is 0 Å². The van der Waals surface area contributed by atoms with Crippen molar-refractivity contribution in [3.63, 3.8) is 0 Å². The van der Waals surface area contributed by atoms with Crippen LogP contribution in [0.15, 0.2) is 22.9 Å². The Balaban J connectivity index is 2.04. The van der Waals surface area contributed by atoms with Gasteiger partial charge in [-0.2, -0.15) is 4.98 Å². The highest BCUT2D eigenvalue weighted by atomic mass is 16.5. The first-order valence-corrected chi connectivity index (χ1v) is 5.33. The zero-order valence-corrected chi connectivity index (χ0v) is 9.59. The number of methoxy groups -OCH3 is 1. The van der Waals surface area contributed by atoms with Crippen molar-refractivity contribution in [1.82, 2.24) is 15.1 Å². The lowest BCUT2D eigenvalue weighted by atomic mass is 10.3. The number of rotatable bonds is 5. The molecule has 0 saturated carbocycles. The number of nitrogen functional groups attached to an aromatic ring is 1. The first-order valence-electron chi connectivity index (χ1n) is 5.33. The Morgan fingerprint density at radius 2 is 2.29 bits per heavy atom. The second-order valence-corrected chi connectivity index (χ2v) is 3.59. The van der Waals surface area contributed by atoms with E-state index in [0.29, 0.717) is 29.7 Å². The third-order valence-corrected chi connectivity index (χ3v) is 2.22. The summed E-state index contributed by atoms with van der Waals surface area (Å²) in [6.07, 6.45) is 3.15. The highest BCUT2D eigenvalue weighted by molar-refractivity contribution is 5.50. The molecular weight excluding hydrogens is 220 g/mol. The summed E-state index contributed by atoms with van der Waals surface area (Å²) in [6.45, 7) is 0.685. The molecule has 6 nitrogen and oxygen atoms in total. The van der Waals surface area contributed by atoms with Crippen LogP contribution >= 0.6 is 0 Å². The van der Waals surface area contributed by atoms with E-state index in [1.54, 1.807) is 25.4 Å². The lowest BCUT2D eigenvalue weighted by molar-refractivity contribution is 0.194. The molecule has 2 rings (SSSR count). The van der Waals surface area contributed by atoms with Crippen LogP contribution in [0, 0.1) is 0 Å². The summed E-state index contributed by atoms with van der Waals surface area (Å²) >= 11 is 0. The Bertz CT molecular complexity index is 467. The van der Waals surface area contributed by atoms with Crippen LogP contribution in [0.2, 0.25) is 0 Å². The second-order valence-electron chi connectivity index (χ2n) is 3.59. The van der Waals surface area contributed by atoms with Crippen LogP contribution in [0.25, 0.3) is 11.6 Å². The maximum atomic E-state index is 5.55. The Labute approximate surface area is 98.8 Å². The Morgan fingerprint density at radius 3 is 3.00 bits per heavy atom. The van der Waals surface area contributed by atoms with Crippen LogP contribution in [0.1, 0.15) is 12.2 Å². The predicted molar refractivity (Wildman–Crippen MR) is 62.1 cm³/mol.